The summed E-state index contributed by atoms with van der Waals surface area (Å²) in [5, 5.41) is 9.16. The normalized spacial score (nSPS) is 30.6. The third-order valence-electron chi connectivity index (χ3n) is 9.48. The molecule has 0 aromatic heterocycles. The van der Waals surface area contributed by atoms with Crippen molar-refractivity contribution in [1.82, 2.24) is 0 Å². The highest BCUT2D eigenvalue weighted by atomic mass is 35.5. The lowest BCUT2D eigenvalue weighted by Gasteiger charge is -2.50. The van der Waals surface area contributed by atoms with Crippen LogP contribution in [0.3, 0.4) is 0 Å². The van der Waals surface area contributed by atoms with Crippen molar-refractivity contribution in [2.75, 3.05) is 23.0 Å². The number of amides is 4. The van der Waals surface area contributed by atoms with Crippen molar-refractivity contribution in [3.8, 4) is 5.75 Å². The Balaban J connectivity index is 1.37. The quantitative estimate of drug-likeness (QED) is 0.230. The minimum Gasteiger partial charge on any atom is -0.491 e. The molecule has 3 aromatic rings. The number of anilines is 2. The van der Waals surface area contributed by atoms with E-state index in [2.05, 4.69) is 0 Å². The number of aliphatic hydroxyl groups excluding tert-OH is 1. The fourth-order valence-corrected chi connectivity index (χ4v) is 8.46. The van der Waals surface area contributed by atoms with Gasteiger partial charge in [0.1, 0.15) is 18.2 Å². The first-order chi connectivity index (χ1) is 21.6. The summed E-state index contributed by atoms with van der Waals surface area (Å²) < 4.78 is 19.3. The van der Waals surface area contributed by atoms with E-state index < -0.39 is 57.0 Å². The number of nitrogens with zero attached hydrogens (tertiary/aromatic N) is 2. The monoisotopic (exact) mass is 648 g/mol. The first-order valence-corrected chi connectivity index (χ1v) is 15.4. The lowest BCUT2D eigenvalue weighted by Crippen LogP contribution is -2.60. The van der Waals surface area contributed by atoms with Crippen LogP contribution in [0.2, 0.25) is 0 Å². The Morgan fingerprint density at radius 1 is 0.822 bits per heavy atom. The largest absolute Gasteiger partial charge is 0.491 e. The van der Waals surface area contributed by atoms with Gasteiger partial charge in [-0.05, 0) is 72.9 Å². The summed E-state index contributed by atoms with van der Waals surface area (Å²) in [5.74, 6) is -5.49. The van der Waals surface area contributed by atoms with Gasteiger partial charge in [-0.15, -0.1) is 23.2 Å². The van der Waals surface area contributed by atoms with Crippen LogP contribution in [0.15, 0.2) is 90.5 Å². The number of fused-ring (bicyclic) bond motifs is 4. The van der Waals surface area contributed by atoms with Gasteiger partial charge in [-0.1, -0.05) is 42.0 Å². The van der Waals surface area contributed by atoms with Gasteiger partial charge in [0.15, 0.2) is 9.75 Å². The molecule has 2 aliphatic heterocycles. The van der Waals surface area contributed by atoms with Gasteiger partial charge in [-0.2, -0.15) is 0 Å². The number of para-hydroxylation sites is 1. The van der Waals surface area contributed by atoms with Crippen LogP contribution in [-0.2, 0) is 19.2 Å². The van der Waals surface area contributed by atoms with Crippen LogP contribution in [0, 0.1) is 23.6 Å². The first-order valence-electron chi connectivity index (χ1n) is 14.6. The maximum atomic E-state index is 14.4. The molecule has 1 N–H and O–H groups in total. The molecule has 11 heteroatoms. The van der Waals surface area contributed by atoms with E-state index in [9.17, 15) is 23.6 Å². The molecule has 6 atom stereocenters. The maximum Gasteiger partial charge on any atom is 0.258 e. The fraction of sp³-hybridized carbons (Fsp3) is 0.294. The summed E-state index contributed by atoms with van der Waals surface area (Å²) in [6, 6.07) is 20.3. The zero-order chi connectivity index (χ0) is 31.7. The predicted octanol–water partition coefficient (Wildman–Crippen LogP) is 4.96. The molecule has 230 valence electrons. The second-order valence-corrected chi connectivity index (χ2v) is 13.0. The number of allylic oxidation sites excluding steroid dienone is 2. The number of carbonyl (C=O) groups excluding carboxylic acids is 4. The molecular formula is C34H27Cl2FN2O6. The molecule has 8 nitrogen and oxygen atoms in total. The van der Waals surface area contributed by atoms with Gasteiger partial charge in [0, 0.05) is 5.92 Å². The van der Waals surface area contributed by atoms with E-state index in [0.717, 1.165) is 17.0 Å². The van der Waals surface area contributed by atoms with Crippen molar-refractivity contribution < 1.29 is 33.4 Å². The molecule has 3 aromatic carbocycles. The molecule has 2 saturated heterocycles. The van der Waals surface area contributed by atoms with E-state index in [1.165, 1.54) is 17.0 Å². The minimum absolute atomic E-state index is 0.0803. The number of halogens is 3. The standard InChI is InChI=1S/C34H27Cl2FN2O6/c35-33-18-26-24(14-15-25-27(26)30(42)38(29(25)41)21-4-2-1-3-5-21)28(19-6-12-23(13-7-19)45-17-16-40)34(33,36)32(44)39(31(33)43)22-10-8-20(37)9-11-22/h1-14,25-28,40H,15-18H2. The van der Waals surface area contributed by atoms with E-state index in [-0.39, 0.29) is 37.6 Å². The van der Waals surface area contributed by atoms with Crippen molar-refractivity contribution >= 4 is 58.2 Å². The molecule has 0 spiro atoms. The van der Waals surface area contributed by atoms with Crippen LogP contribution in [0.5, 0.6) is 5.75 Å². The van der Waals surface area contributed by atoms with Crippen LogP contribution in [0.1, 0.15) is 24.3 Å². The molecule has 1 saturated carbocycles. The number of aliphatic hydroxyl groups is 1. The molecule has 7 rings (SSSR count). The molecule has 2 aliphatic carbocycles. The lowest BCUT2D eigenvalue weighted by molar-refractivity contribution is -0.125. The molecule has 4 aliphatic rings. The van der Waals surface area contributed by atoms with E-state index >= 15 is 0 Å². The van der Waals surface area contributed by atoms with Crippen LogP contribution in [0.4, 0.5) is 15.8 Å². The van der Waals surface area contributed by atoms with Gasteiger partial charge in [-0.3, -0.25) is 24.1 Å². The topological polar surface area (TPSA) is 104 Å². The molecule has 45 heavy (non-hydrogen) atoms. The highest BCUT2D eigenvalue weighted by molar-refractivity contribution is 6.58. The number of benzene rings is 3. The summed E-state index contributed by atoms with van der Waals surface area (Å²) in [5.41, 5.74) is 1.78. The Morgan fingerprint density at radius 3 is 2.16 bits per heavy atom. The number of hydrogen-bond acceptors (Lipinski definition) is 6. The zero-order valence-electron chi connectivity index (χ0n) is 23.7. The predicted molar refractivity (Wildman–Crippen MR) is 165 cm³/mol. The van der Waals surface area contributed by atoms with Crippen LogP contribution < -0.4 is 14.5 Å². The number of imide groups is 2. The van der Waals surface area contributed by atoms with Gasteiger partial charge >= 0.3 is 0 Å². The minimum atomic E-state index is -2.02. The second-order valence-electron chi connectivity index (χ2n) is 11.7. The summed E-state index contributed by atoms with van der Waals surface area (Å²) in [6.45, 7) is -0.0966. The van der Waals surface area contributed by atoms with Crippen molar-refractivity contribution in [3.05, 3.63) is 102 Å². The van der Waals surface area contributed by atoms with Crippen molar-refractivity contribution in [2.45, 2.75) is 28.5 Å². The van der Waals surface area contributed by atoms with Gasteiger partial charge in [-0.25, -0.2) is 9.29 Å². The van der Waals surface area contributed by atoms with E-state index in [0.29, 0.717) is 22.6 Å². The molecular weight excluding hydrogens is 622 g/mol. The van der Waals surface area contributed by atoms with Crippen molar-refractivity contribution in [2.24, 2.45) is 17.8 Å². The molecule has 6 unspecified atom stereocenters. The van der Waals surface area contributed by atoms with E-state index in [1.807, 2.05) is 6.08 Å². The number of alkyl halides is 2. The van der Waals surface area contributed by atoms with Gasteiger partial charge in [0.2, 0.25) is 11.8 Å². The van der Waals surface area contributed by atoms with Crippen molar-refractivity contribution in [1.29, 1.82) is 0 Å². The Kier molecular flexibility index (Phi) is 7.11. The van der Waals surface area contributed by atoms with E-state index in [1.54, 1.807) is 54.6 Å². The SMILES string of the molecule is O=C1C2CC=C3C(CC4(Cl)C(=O)N(c5ccc(F)cc5)C(=O)C4(Cl)C3c3ccc(OCCO)cc3)C2C(=O)N1c1ccccc1. The molecule has 2 heterocycles. The number of hydrogen-bond donors (Lipinski definition) is 1. The molecule has 3 fully saturated rings. The Morgan fingerprint density at radius 2 is 1.49 bits per heavy atom. The Hall–Kier alpha value is -4.05. The van der Waals surface area contributed by atoms with Gasteiger partial charge in [0.05, 0.1) is 29.8 Å². The van der Waals surface area contributed by atoms with Crippen LogP contribution >= 0.6 is 23.2 Å². The number of rotatable bonds is 6. The molecule has 0 bridgehead atoms. The highest BCUT2D eigenvalue weighted by Gasteiger charge is 2.76. The summed E-state index contributed by atoms with van der Waals surface area (Å²) >= 11 is 14.7. The maximum absolute atomic E-state index is 14.4. The Labute approximate surface area is 268 Å². The third kappa shape index (κ3) is 4.21. The summed E-state index contributed by atoms with van der Waals surface area (Å²) in [7, 11) is 0. The Bertz CT molecular complexity index is 1750. The fourth-order valence-electron chi connectivity index (χ4n) is 7.52. The summed E-state index contributed by atoms with van der Waals surface area (Å²) in [4.78, 5) is 54.5. The smallest absolute Gasteiger partial charge is 0.258 e. The number of carbonyl (C=O) groups is 4. The first kappa shape index (κ1) is 29.6. The van der Waals surface area contributed by atoms with E-state index in [4.69, 9.17) is 33.0 Å². The highest BCUT2D eigenvalue weighted by Crippen LogP contribution is 2.65. The average molecular weight is 650 g/mol. The van der Waals surface area contributed by atoms with Crippen LogP contribution in [-0.4, -0.2) is 51.7 Å². The van der Waals surface area contributed by atoms with Crippen molar-refractivity contribution in [3.63, 3.8) is 0 Å². The lowest BCUT2D eigenvalue weighted by atomic mass is 9.56. The molecule has 0 radical (unpaired) electrons. The number of ether oxygens (including phenoxy) is 1. The average Bonchev–Trinajstić information content (AvgIpc) is 3.39. The van der Waals surface area contributed by atoms with Crippen LogP contribution in [0.25, 0.3) is 0 Å². The molecule has 4 amide bonds. The van der Waals surface area contributed by atoms with Gasteiger partial charge < -0.3 is 9.84 Å². The zero-order valence-corrected chi connectivity index (χ0v) is 25.2. The third-order valence-corrected chi connectivity index (χ3v) is 10.9. The second kappa shape index (κ2) is 10.8. The van der Waals surface area contributed by atoms with Gasteiger partial charge in [0.25, 0.3) is 11.8 Å². The summed E-state index contributed by atoms with van der Waals surface area (Å²) in [6.07, 6.45) is 1.94.